The van der Waals surface area contributed by atoms with Crippen molar-refractivity contribution in [3.8, 4) is 0 Å². The molecule has 0 heterocycles. The first-order valence-corrected chi connectivity index (χ1v) is 9.45. The molecular formula is C19H34N2. The van der Waals surface area contributed by atoms with Gasteiger partial charge in [0.2, 0.25) is 0 Å². The maximum Gasteiger partial charge on any atom is 0.0197 e. The molecule has 0 aromatic carbocycles. The van der Waals surface area contributed by atoms with Crippen LogP contribution in [0.2, 0.25) is 0 Å². The lowest BCUT2D eigenvalue weighted by Crippen LogP contribution is -2.59. The van der Waals surface area contributed by atoms with E-state index in [1.807, 2.05) is 0 Å². The number of hydrogen-bond acceptors (Lipinski definition) is 2. The van der Waals surface area contributed by atoms with E-state index in [0.717, 1.165) is 23.7 Å². The first kappa shape index (κ1) is 14.5. The van der Waals surface area contributed by atoms with Crippen molar-refractivity contribution in [2.75, 3.05) is 0 Å². The van der Waals surface area contributed by atoms with E-state index < -0.39 is 0 Å². The fourth-order valence-corrected chi connectivity index (χ4v) is 7.40. The molecule has 0 aromatic heterocycles. The van der Waals surface area contributed by atoms with Gasteiger partial charge in [0.1, 0.15) is 0 Å². The zero-order chi connectivity index (χ0) is 14.8. The zero-order valence-corrected chi connectivity index (χ0v) is 14.0. The molecule has 0 radical (unpaired) electrons. The second-order valence-electron chi connectivity index (χ2n) is 9.51. The highest BCUT2D eigenvalue weighted by Crippen LogP contribution is 2.65. The van der Waals surface area contributed by atoms with E-state index in [4.69, 9.17) is 11.5 Å². The second-order valence-corrected chi connectivity index (χ2v) is 9.51. The van der Waals surface area contributed by atoms with Crippen LogP contribution in [-0.4, -0.2) is 12.1 Å². The zero-order valence-electron chi connectivity index (χ0n) is 14.0. The Bertz CT molecular complexity index is 422. The molecule has 2 heteroatoms. The van der Waals surface area contributed by atoms with Gasteiger partial charge in [-0.1, -0.05) is 20.3 Å². The van der Waals surface area contributed by atoms with Crippen LogP contribution < -0.4 is 11.5 Å². The third-order valence-electron chi connectivity index (χ3n) is 8.63. The Labute approximate surface area is 130 Å². The van der Waals surface area contributed by atoms with Crippen LogP contribution >= 0.6 is 0 Å². The molecule has 120 valence electrons. The molecule has 4 saturated carbocycles. The molecule has 0 aromatic rings. The summed E-state index contributed by atoms with van der Waals surface area (Å²) in [4.78, 5) is 0. The summed E-state index contributed by atoms with van der Waals surface area (Å²) in [5.41, 5.74) is 13.9. The van der Waals surface area contributed by atoms with Crippen LogP contribution in [0.25, 0.3) is 0 Å². The summed E-state index contributed by atoms with van der Waals surface area (Å²) in [6, 6.07) is 0.488. The van der Waals surface area contributed by atoms with Gasteiger partial charge in [-0.25, -0.2) is 0 Å². The minimum Gasteiger partial charge on any atom is -0.326 e. The Kier molecular flexibility index (Phi) is 3.25. The van der Waals surface area contributed by atoms with Crippen molar-refractivity contribution in [3.05, 3.63) is 0 Å². The minimum atomic E-state index is 0.238. The molecule has 0 aliphatic heterocycles. The fourth-order valence-electron chi connectivity index (χ4n) is 7.40. The Morgan fingerprint density at radius 1 is 0.857 bits per heavy atom. The highest BCUT2D eigenvalue weighted by molar-refractivity contribution is 5.09. The van der Waals surface area contributed by atoms with Crippen LogP contribution in [0.3, 0.4) is 0 Å². The van der Waals surface area contributed by atoms with Gasteiger partial charge in [-0.15, -0.1) is 0 Å². The lowest BCUT2D eigenvalue weighted by molar-refractivity contribution is -0.109. The van der Waals surface area contributed by atoms with E-state index in [2.05, 4.69) is 13.8 Å². The van der Waals surface area contributed by atoms with E-state index in [0.29, 0.717) is 10.8 Å². The van der Waals surface area contributed by atoms with Gasteiger partial charge in [-0.2, -0.15) is 0 Å². The van der Waals surface area contributed by atoms with Crippen LogP contribution in [0.4, 0.5) is 0 Å². The van der Waals surface area contributed by atoms with Crippen molar-refractivity contribution in [1.82, 2.24) is 0 Å². The van der Waals surface area contributed by atoms with Gasteiger partial charge >= 0.3 is 0 Å². The van der Waals surface area contributed by atoms with E-state index >= 15 is 0 Å². The summed E-state index contributed by atoms with van der Waals surface area (Å²) in [6.07, 6.45) is 12.7. The van der Waals surface area contributed by atoms with Crippen LogP contribution in [0.1, 0.15) is 71.6 Å². The van der Waals surface area contributed by atoms with Gasteiger partial charge in [0, 0.05) is 12.1 Å². The van der Waals surface area contributed by atoms with Gasteiger partial charge in [0.05, 0.1) is 0 Å². The summed E-state index contributed by atoms with van der Waals surface area (Å²) in [5, 5.41) is 0. The van der Waals surface area contributed by atoms with Gasteiger partial charge in [-0.05, 0) is 85.9 Å². The molecular weight excluding hydrogens is 256 g/mol. The van der Waals surface area contributed by atoms with Crippen LogP contribution in [0.5, 0.6) is 0 Å². The number of hydrogen-bond donors (Lipinski definition) is 2. The average Bonchev–Trinajstić information content (AvgIpc) is 2.82. The van der Waals surface area contributed by atoms with Crippen molar-refractivity contribution in [1.29, 1.82) is 0 Å². The van der Waals surface area contributed by atoms with Gasteiger partial charge in [0.25, 0.3) is 0 Å². The predicted molar refractivity (Wildman–Crippen MR) is 87.7 cm³/mol. The molecule has 0 amide bonds. The van der Waals surface area contributed by atoms with Gasteiger partial charge in [0.15, 0.2) is 0 Å². The molecule has 2 unspecified atom stereocenters. The Morgan fingerprint density at radius 2 is 1.67 bits per heavy atom. The average molecular weight is 290 g/mol. The predicted octanol–water partition coefficient (Wildman–Crippen LogP) is 3.68. The van der Waals surface area contributed by atoms with Crippen molar-refractivity contribution in [2.24, 2.45) is 46.0 Å². The Morgan fingerprint density at radius 3 is 2.48 bits per heavy atom. The maximum atomic E-state index is 6.40. The molecule has 4 aliphatic carbocycles. The topological polar surface area (TPSA) is 52.0 Å². The highest BCUT2D eigenvalue weighted by Gasteiger charge is 2.58. The molecule has 4 rings (SSSR count). The van der Waals surface area contributed by atoms with E-state index in [1.165, 1.54) is 57.8 Å². The number of rotatable bonds is 0. The molecule has 21 heavy (non-hydrogen) atoms. The summed E-state index contributed by atoms with van der Waals surface area (Å²) >= 11 is 0. The molecule has 4 aliphatic rings. The second kappa shape index (κ2) is 4.71. The van der Waals surface area contributed by atoms with E-state index in [1.54, 1.807) is 0 Å². The molecule has 2 nitrogen and oxygen atoms in total. The van der Waals surface area contributed by atoms with E-state index in [9.17, 15) is 0 Å². The summed E-state index contributed by atoms with van der Waals surface area (Å²) in [7, 11) is 0. The lowest BCUT2D eigenvalue weighted by atomic mass is 9.44. The molecule has 0 bridgehead atoms. The number of fused-ring (bicyclic) bond motifs is 5. The summed E-state index contributed by atoms with van der Waals surface area (Å²) in [5.74, 6) is 3.79. The third-order valence-corrected chi connectivity index (χ3v) is 8.63. The third kappa shape index (κ3) is 1.97. The van der Waals surface area contributed by atoms with Gasteiger partial charge in [-0.3, -0.25) is 0 Å². The molecule has 0 saturated heterocycles. The van der Waals surface area contributed by atoms with Crippen molar-refractivity contribution < 1.29 is 0 Å². The monoisotopic (exact) mass is 290 g/mol. The lowest BCUT2D eigenvalue weighted by Gasteiger charge is -2.61. The minimum absolute atomic E-state index is 0.238. The van der Waals surface area contributed by atoms with Gasteiger partial charge < -0.3 is 11.5 Å². The first-order valence-electron chi connectivity index (χ1n) is 9.45. The molecule has 4 fully saturated rings. The van der Waals surface area contributed by atoms with Crippen LogP contribution in [0, 0.1) is 34.5 Å². The molecule has 4 N–H and O–H groups in total. The SMILES string of the molecule is C[C@@]12CCC[C@H]1[C@@H]1CC[C@H]3CC(N)C(N)C[C@]3(C)[C@H]1CC2. The standard InChI is InChI=1S/C19H34N2/c1-18-8-3-4-14(18)13-6-5-12-10-16(20)17(21)11-19(12,2)15(13)7-9-18/h12-17H,3-11,20-21H2,1-2H3/t12-,13-,14-,15-,16?,17?,18-,19-/m0/s1. The van der Waals surface area contributed by atoms with Crippen molar-refractivity contribution in [2.45, 2.75) is 83.7 Å². The first-order chi connectivity index (χ1) is 9.94. The smallest absolute Gasteiger partial charge is 0.0197 e. The normalized spacial score (nSPS) is 60.0. The quantitative estimate of drug-likeness (QED) is 0.715. The van der Waals surface area contributed by atoms with E-state index in [-0.39, 0.29) is 12.1 Å². The van der Waals surface area contributed by atoms with Crippen molar-refractivity contribution >= 4 is 0 Å². The number of nitrogens with two attached hydrogens (primary N) is 2. The fraction of sp³-hybridized carbons (Fsp3) is 1.00. The highest BCUT2D eigenvalue weighted by atomic mass is 14.8. The largest absolute Gasteiger partial charge is 0.326 e. The molecule has 8 atom stereocenters. The Hall–Kier alpha value is -0.0800. The van der Waals surface area contributed by atoms with Crippen molar-refractivity contribution in [3.63, 3.8) is 0 Å². The maximum absolute atomic E-state index is 6.40. The molecule has 0 spiro atoms. The Balaban J connectivity index is 1.63. The summed E-state index contributed by atoms with van der Waals surface area (Å²) in [6.45, 7) is 5.18. The van der Waals surface area contributed by atoms with Crippen LogP contribution in [-0.2, 0) is 0 Å². The van der Waals surface area contributed by atoms with Crippen LogP contribution in [0.15, 0.2) is 0 Å². The summed E-state index contributed by atoms with van der Waals surface area (Å²) < 4.78 is 0.